The van der Waals surface area contributed by atoms with E-state index in [9.17, 15) is 14.0 Å². The summed E-state index contributed by atoms with van der Waals surface area (Å²) in [6.07, 6.45) is 3.94. The number of amides is 2. The number of nitrogens with one attached hydrogen (secondary N) is 2. The third-order valence-electron chi connectivity index (χ3n) is 5.26. The molecule has 0 radical (unpaired) electrons. The van der Waals surface area contributed by atoms with Gasteiger partial charge in [0.05, 0.1) is 32.0 Å². The Kier molecular flexibility index (Phi) is 8.78. The van der Waals surface area contributed by atoms with E-state index in [0.29, 0.717) is 30.0 Å². The SMILES string of the molecule is C/C=C(\C=C/NO)COCc1ccc(-c2ccc(N3C[C@H](CNC(C)=O)OC3=O)cc2F)cc1. The van der Waals surface area contributed by atoms with Crippen molar-refractivity contribution in [3.05, 3.63) is 77.8 Å². The predicted molar refractivity (Wildman–Crippen MR) is 126 cm³/mol. The summed E-state index contributed by atoms with van der Waals surface area (Å²) in [7, 11) is 0. The van der Waals surface area contributed by atoms with Crippen molar-refractivity contribution in [2.24, 2.45) is 0 Å². The van der Waals surface area contributed by atoms with Crippen molar-refractivity contribution in [1.29, 1.82) is 0 Å². The molecule has 2 amide bonds. The molecule has 9 heteroatoms. The lowest BCUT2D eigenvalue weighted by molar-refractivity contribution is -0.119. The predicted octanol–water partition coefficient (Wildman–Crippen LogP) is 3.91. The number of hydroxylamine groups is 1. The van der Waals surface area contributed by atoms with E-state index < -0.39 is 18.0 Å². The van der Waals surface area contributed by atoms with Crippen LogP contribution >= 0.6 is 0 Å². The zero-order valence-corrected chi connectivity index (χ0v) is 19.1. The first-order valence-corrected chi connectivity index (χ1v) is 10.8. The molecule has 1 atom stereocenters. The van der Waals surface area contributed by atoms with Gasteiger partial charge in [0.15, 0.2) is 0 Å². The van der Waals surface area contributed by atoms with E-state index in [4.69, 9.17) is 14.7 Å². The van der Waals surface area contributed by atoms with E-state index in [1.165, 1.54) is 24.1 Å². The highest BCUT2D eigenvalue weighted by Gasteiger charge is 2.32. The fraction of sp³-hybridized carbons (Fsp3) is 0.280. The molecule has 1 fully saturated rings. The van der Waals surface area contributed by atoms with E-state index in [2.05, 4.69) is 5.32 Å². The first-order chi connectivity index (χ1) is 16.4. The second-order valence-electron chi connectivity index (χ2n) is 7.73. The molecule has 8 nitrogen and oxygen atoms in total. The normalized spacial score (nSPS) is 16.1. The lowest BCUT2D eigenvalue weighted by Crippen LogP contribution is -2.33. The van der Waals surface area contributed by atoms with Crippen molar-refractivity contribution >= 4 is 17.7 Å². The van der Waals surface area contributed by atoms with Gasteiger partial charge in [-0.1, -0.05) is 30.3 Å². The Labute approximate surface area is 197 Å². The van der Waals surface area contributed by atoms with Crippen LogP contribution in [0.25, 0.3) is 11.1 Å². The summed E-state index contributed by atoms with van der Waals surface area (Å²) in [4.78, 5) is 24.6. The summed E-state index contributed by atoms with van der Waals surface area (Å²) in [5.41, 5.74) is 5.30. The van der Waals surface area contributed by atoms with Gasteiger partial charge in [-0.25, -0.2) is 9.18 Å². The number of carbonyl (C=O) groups is 2. The monoisotopic (exact) mass is 469 g/mol. The highest BCUT2D eigenvalue weighted by Crippen LogP contribution is 2.29. The van der Waals surface area contributed by atoms with Gasteiger partial charge >= 0.3 is 6.09 Å². The maximum atomic E-state index is 14.9. The number of hydrogen-bond acceptors (Lipinski definition) is 6. The molecule has 0 aliphatic carbocycles. The van der Waals surface area contributed by atoms with Crippen LogP contribution in [0.15, 0.2) is 66.4 Å². The minimum atomic E-state index is -0.573. The zero-order chi connectivity index (χ0) is 24.5. The first kappa shape index (κ1) is 24.9. The van der Waals surface area contributed by atoms with Crippen molar-refractivity contribution in [3.63, 3.8) is 0 Å². The van der Waals surface area contributed by atoms with Crippen molar-refractivity contribution in [1.82, 2.24) is 10.8 Å². The molecular formula is C25H28FN3O5. The highest BCUT2D eigenvalue weighted by molar-refractivity contribution is 5.90. The van der Waals surface area contributed by atoms with Gasteiger partial charge < -0.3 is 14.8 Å². The van der Waals surface area contributed by atoms with Crippen LogP contribution in [0.4, 0.5) is 14.9 Å². The van der Waals surface area contributed by atoms with Crippen molar-refractivity contribution < 1.29 is 28.7 Å². The molecule has 3 rings (SSSR count). The fourth-order valence-electron chi connectivity index (χ4n) is 3.44. The van der Waals surface area contributed by atoms with Gasteiger partial charge in [0.2, 0.25) is 5.91 Å². The summed E-state index contributed by atoms with van der Waals surface area (Å²) in [5, 5.41) is 11.2. The molecule has 1 heterocycles. The smallest absolute Gasteiger partial charge is 0.414 e. The molecule has 1 saturated heterocycles. The Morgan fingerprint density at radius 1 is 1.29 bits per heavy atom. The molecule has 0 bridgehead atoms. The van der Waals surface area contributed by atoms with Gasteiger partial charge in [-0.3, -0.25) is 20.4 Å². The van der Waals surface area contributed by atoms with Gasteiger partial charge in [0.1, 0.15) is 11.9 Å². The number of halogens is 1. The molecule has 0 unspecified atom stereocenters. The topological polar surface area (TPSA) is 100 Å². The molecular weight excluding hydrogens is 441 g/mol. The number of anilines is 1. The number of cyclic esters (lactones) is 1. The lowest BCUT2D eigenvalue weighted by Gasteiger charge is -2.15. The summed E-state index contributed by atoms with van der Waals surface area (Å²) >= 11 is 0. The molecule has 2 aromatic carbocycles. The summed E-state index contributed by atoms with van der Waals surface area (Å²) in [6, 6.07) is 12.0. The van der Waals surface area contributed by atoms with E-state index in [1.807, 2.05) is 42.7 Å². The average molecular weight is 470 g/mol. The van der Waals surface area contributed by atoms with Crippen LogP contribution in [-0.4, -0.2) is 43.0 Å². The quantitative estimate of drug-likeness (QED) is 0.360. The largest absolute Gasteiger partial charge is 0.442 e. The van der Waals surface area contributed by atoms with E-state index >= 15 is 0 Å². The highest BCUT2D eigenvalue weighted by atomic mass is 19.1. The van der Waals surface area contributed by atoms with Crippen molar-refractivity contribution in [3.8, 4) is 11.1 Å². The second-order valence-corrected chi connectivity index (χ2v) is 7.73. The minimum absolute atomic E-state index is 0.209. The van der Waals surface area contributed by atoms with Crippen LogP contribution in [0.1, 0.15) is 19.4 Å². The van der Waals surface area contributed by atoms with E-state index in [-0.39, 0.29) is 19.0 Å². The fourth-order valence-corrected chi connectivity index (χ4v) is 3.44. The van der Waals surface area contributed by atoms with Gasteiger partial charge in [0, 0.05) is 18.7 Å². The van der Waals surface area contributed by atoms with Gasteiger partial charge in [0.25, 0.3) is 0 Å². The Morgan fingerprint density at radius 3 is 2.71 bits per heavy atom. The molecule has 0 aromatic heterocycles. The zero-order valence-electron chi connectivity index (χ0n) is 19.1. The Hall–Kier alpha value is -3.69. The summed E-state index contributed by atoms with van der Waals surface area (Å²) in [5.74, 6) is -0.667. The summed E-state index contributed by atoms with van der Waals surface area (Å²) < 4.78 is 25.8. The number of benzene rings is 2. The van der Waals surface area contributed by atoms with Gasteiger partial charge in [-0.15, -0.1) is 0 Å². The van der Waals surface area contributed by atoms with Gasteiger partial charge in [-0.05, 0) is 47.9 Å². The van der Waals surface area contributed by atoms with Crippen molar-refractivity contribution in [2.45, 2.75) is 26.6 Å². The van der Waals surface area contributed by atoms with Crippen LogP contribution in [-0.2, 0) is 20.9 Å². The number of allylic oxidation sites excluding steroid dienone is 1. The molecule has 1 aliphatic heterocycles. The third kappa shape index (κ3) is 6.66. The molecule has 0 saturated carbocycles. The number of nitrogens with zero attached hydrogens (tertiary/aromatic N) is 1. The molecule has 180 valence electrons. The number of rotatable bonds is 10. The average Bonchev–Trinajstić information content (AvgIpc) is 3.21. The lowest BCUT2D eigenvalue weighted by atomic mass is 10.0. The molecule has 0 spiro atoms. The Morgan fingerprint density at radius 2 is 2.06 bits per heavy atom. The second kappa shape index (κ2) is 12.0. The van der Waals surface area contributed by atoms with Crippen LogP contribution in [0.2, 0.25) is 0 Å². The Bertz CT molecular complexity index is 1070. The number of hydrogen-bond donors (Lipinski definition) is 3. The third-order valence-corrected chi connectivity index (χ3v) is 5.26. The molecule has 1 aliphatic rings. The number of ether oxygens (including phenoxy) is 2. The molecule has 3 N–H and O–H groups in total. The number of carbonyl (C=O) groups excluding carboxylic acids is 2. The Balaban J connectivity index is 1.61. The van der Waals surface area contributed by atoms with Gasteiger partial charge in [-0.2, -0.15) is 0 Å². The maximum absolute atomic E-state index is 14.9. The van der Waals surface area contributed by atoms with E-state index in [1.54, 1.807) is 18.2 Å². The van der Waals surface area contributed by atoms with Crippen LogP contribution < -0.4 is 15.7 Å². The molecule has 34 heavy (non-hydrogen) atoms. The maximum Gasteiger partial charge on any atom is 0.414 e. The van der Waals surface area contributed by atoms with E-state index in [0.717, 1.165) is 11.1 Å². The molecule has 2 aromatic rings. The first-order valence-electron chi connectivity index (χ1n) is 10.8. The standard InChI is InChI=1S/C25H28FN3O5/c1-3-18(10-11-28-32)15-33-16-19-4-6-20(7-5-19)23-9-8-21(12-24(23)26)29-14-22(34-25(29)31)13-27-17(2)30/h3-12,22,28,32H,13-16H2,1-2H3,(H,27,30)/b11-10-,18-3+/t22-/m0/s1. The summed E-state index contributed by atoms with van der Waals surface area (Å²) in [6.45, 7) is 4.48. The van der Waals surface area contributed by atoms with Crippen molar-refractivity contribution in [2.75, 3.05) is 24.6 Å². The van der Waals surface area contributed by atoms with Crippen LogP contribution in [0.5, 0.6) is 0 Å². The van der Waals surface area contributed by atoms with Crippen LogP contribution in [0, 0.1) is 5.82 Å². The van der Waals surface area contributed by atoms with Crippen LogP contribution in [0.3, 0.4) is 0 Å². The minimum Gasteiger partial charge on any atom is -0.442 e.